The molecule has 11 heteroatoms. The Morgan fingerprint density at radius 3 is 2.53 bits per heavy atom. The first-order chi connectivity index (χ1) is 17.0. The highest BCUT2D eigenvalue weighted by Gasteiger charge is 2.61. The van der Waals surface area contributed by atoms with Crippen LogP contribution < -0.4 is 10.1 Å². The second-order valence-electron chi connectivity index (χ2n) is 9.38. The number of sulfone groups is 1. The molecule has 1 saturated heterocycles. The van der Waals surface area contributed by atoms with Gasteiger partial charge in [-0.2, -0.15) is 0 Å². The highest BCUT2D eigenvalue weighted by Crippen LogP contribution is 2.56. The largest absolute Gasteiger partial charge is 0.490 e. The number of fused-ring (bicyclic) bond motifs is 3. The molecule has 4 rings (SSSR count). The van der Waals surface area contributed by atoms with Crippen LogP contribution in [0.5, 0.6) is 5.75 Å². The minimum absolute atomic E-state index is 0.0346. The lowest BCUT2D eigenvalue weighted by Gasteiger charge is -2.50. The van der Waals surface area contributed by atoms with Gasteiger partial charge in [-0.25, -0.2) is 17.2 Å². The van der Waals surface area contributed by atoms with E-state index in [0.717, 1.165) is 12.1 Å². The van der Waals surface area contributed by atoms with Crippen LogP contribution in [0.25, 0.3) is 0 Å². The zero-order chi connectivity index (χ0) is 26.3. The van der Waals surface area contributed by atoms with E-state index in [2.05, 4.69) is 5.32 Å². The zero-order valence-corrected chi connectivity index (χ0v) is 22.5. The summed E-state index contributed by atoms with van der Waals surface area (Å²) in [6, 6.07) is 7.54. The van der Waals surface area contributed by atoms with Gasteiger partial charge in [-0.1, -0.05) is 11.6 Å². The average molecular weight is 560 g/mol. The number of carbonyl (C=O) groups is 1. The molecule has 36 heavy (non-hydrogen) atoms. The highest BCUT2D eigenvalue weighted by atomic mass is 35.5. The van der Waals surface area contributed by atoms with Crippen LogP contribution in [0, 0.1) is 17.6 Å². The Morgan fingerprint density at radius 1 is 1.19 bits per heavy atom. The van der Waals surface area contributed by atoms with Crippen molar-refractivity contribution in [3.8, 4) is 5.75 Å². The second kappa shape index (κ2) is 10.1. The fourth-order valence-electron chi connectivity index (χ4n) is 5.13. The maximum Gasteiger partial charge on any atom is 0.235 e. The quantitative estimate of drug-likeness (QED) is 0.528. The van der Waals surface area contributed by atoms with Crippen LogP contribution in [0.3, 0.4) is 0 Å². The number of hydrogen-bond acceptors (Lipinski definition) is 6. The number of benzene rings is 2. The Labute approximate surface area is 219 Å². The van der Waals surface area contributed by atoms with Crippen molar-refractivity contribution in [3.63, 3.8) is 0 Å². The number of nitrogens with one attached hydrogen (secondary N) is 1. The zero-order valence-electron chi connectivity index (χ0n) is 20.1. The predicted molar refractivity (Wildman–Crippen MR) is 135 cm³/mol. The lowest BCUT2D eigenvalue weighted by Crippen LogP contribution is -2.57. The van der Waals surface area contributed by atoms with E-state index in [4.69, 9.17) is 21.1 Å². The van der Waals surface area contributed by atoms with E-state index in [1.54, 1.807) is 20.9 Å². The third-order valence-corrected chi connectivity index (χ3v) is 11.1. The standard InChI is InChI=1S/C25H28ClF2NO5S2/c1-24(2,23(30)29-3)35-13-10-20-17-14-34-22-19(28)9-8-18(27)21(22)25(17,11-12-33-20)36(31,32)16-6-4-15(26)5-7-16/h4-9,17,20H,10-14H2,1-3H3,(H,29,30)/t17-,20-,25-/m0/s1. The Bertz CT molecular complexity index is 1260. The van der Waals surface area contributed by atoms with Gasteiger partial charge in [0.25, 0.3) is 0 Å². The minimum atomic E-state index is -4.25. The molecule has 2 aliphatic heterocycles. The monoisotopic (exact) mass is 559 g/mol. The summed E-state index contributed by atoms with van der Waals surface area (Å²) in [5.74, 6) is -2.49. The van der Waals surface area contributed by atoms with Gasteiger partial charge in [0, 0.05) is 24.6 Å². The molecule has 2 aromatic carbocycles. The first kappa shape index (κ1) is 27.2. The van der Waals surface area contributed by atoms with Crippen molar-refractivity contribution in [2.24, 2.45) is 5.92 Å². The Kier molecular flexibility index (Phi) is 7.63. The van der Waals surface area contributed by atoms with Crippen molar-refractivity contribution in [2.45, 2.75) is 47.2 Å². The van der Waals surface area contributed by atoms with Crippen molar-refractivity contribution in [1.82, 2.24) is 5.32 Å². The first-order valence-corrected chi connectivity index (χ1v) is 14.4. The van der Waals surface area contributed by atoms with Crippen LogP contribution in [0.1, 0.15) is 32.3 Å². The lowest BCUT2D eigenvalue weighted by atomic mass is 9.75. The molecule has 0 aromatic heterocycles. The van der Waals surface area contributed by atoms with Crippen molar-refractivity contribution < 1.29 is 31.5 Å². The number of thioether (sulfide) groups is 1. The molecule has 0 spiro atoms. The van der Waals surface area contributed by atoms with Crippen molar-refractivity contribution >= 4 is 39.1 Å². The fraction of sp³-hybridized carbons (Fsp3) is 0.480. The summed E-state index contributed by atoms with van der Waals surface area (Å²) in [4.78, 5) is 12.1. The summed E-state index contributed by atoms with van der Waals surface area (Å²) < 4.78 is 67.9. The SMILES string of the molecule is CNC(=O)C(C)(C)SCC[C@@H]1OCC[C@@]2(S(=O)(=O)c3ccc(Cl)cc3)c3c(F)ccc(F)c3OC[C@@H]12. The summed E-state index contributed by atoms with van der Waals surface area (Å²) >= 11 is 7.39. The van der Waals surface area contributed by atoms with Gasteiger partial charge in [0.15, 0.2) is 21.4 Å². The van der Waals surface area contributed by atoms with E-state index >= 15 is 4.39 Å². The van der Waals surface area contributed by atoms with Gasteiger partial charge >= 0.3 is 0 Å². The molecule has 0 unspecified atom stereocenters. The lowest BCUT2D eigenvalue weighted by molar-refractivity contribution is -0.122. The fourth-order valence-corrected chi connectivity index (χ4v) is 8.70. The van der Waals surface area contributed by atoms with Crippen LogP contribution in [-0.4, -0.2) is 51.2 Å². The molecular weight excluding hydrogens is 532 g/mol. The van der Waals surface area contributed by atoms with E-state index in [1.165, 1.54) is 36.0 Å². The van der Waals surface area contributed by atoms with Crippen molar-refractivity contribution in [3.05, 3.63) is 58.6 Å². The van der Waals surface area contributed by atoms with Gasteiger partial charge in [0.2, 0.25) is 5.91 Å². The molecule has 0 radical (unpaired) electrons. The summed E-state index contributed by atoms with van der Waals surface area (Å²) in [5, 5.41) is 2.99. The Morgan fingerprint density at radius 2 is 1.86 bits per heavy atom. The highest BCUT2D eigenvalue weighted by molar-refractivity contribution is 8.01. The van der Waals surface area contributed by atoms with E-state index < -0.39 is 43.0 Å². The molecule has 0 saturated carbocycles. The topological polar surface area (TPSA) is 81.7 Å². The van der Waals surface area contributed by atoms with Crippen LogP contribution in [0.15, 0.2) is 41.3 Å². The molecule has 6 nitrogen and oxygen atoms in total. The molecule has 196 valence electrons. The van der Waals surface area contributed by atoms with Crippen LogP contribution in [0.2, 0.25) is 5.02 Å². The maximum atomic E-state index is 15.4. The molecule has 0 bridgehead atoms. The summed E-state index contributed by atoms with van der Waals surface area (Å²) in [5.41, 5.74) is -0.291. The number of amides is 1. The molecule has 1 fully saturated rings. The first-order valence-electron chi connectivity index (χ1n) is 11.5. The smallest absolute Gasteiger partial charge is 0.235 e. The molecule has 2 aromatic rings. The molecule has 3 atom stereocenters. The summed E-state index contributed by atoms with van der Waals surface area (Å²) in [7, 11) is -2.69. The van der Waals surface area contributed by atoms with Gasteiger partial charge in [-0.3, -0.25) is 4.79 Å². The average Bonchev–Trinajstić information content (AvgIpc) is 2.85. The predicted octanol–water partition coefficient (Wildman–Crippen LogP) is 4.73. The van der Waals surface area contributed by atoms with E-state index in [1.807, 2.05) is 0 Å². The van der Waals surface area contributed by atoms with Gasteiger partial charge in [0.1, 0.15) is 10.6 Å². The number of halogens is 3. The van der Waals surface area contributed by atoms with Crippen molar-refractivity contribution in [1.29, 1.82) is 0 Å². The molecule has 1 N–H and O–H groups in total. The van der Waals surface area contributed by atoms with Gasteiger partial charge in [-0.05, 0) is 68.8 Å². The third kappa shape index (κ3) is 4.50. The maximum absolute atomic E-state index is 15.4. The number of ether oxygens (including phenoxy) is 2. The van der Waals surface area contributed by atoms with Crippen LogP contribution in [-0.2, 0) is 24.1 Å². The van der Waals surface area contributed by atoms with Crippen LogP contribution >= 0.6 is 23.4 Å². The Hall–Kier alpha value is -1.88. The summed E-state index contributed by atoms with van der Waals surface area (Å²) in [6.07, 6.45) is -0.291. The number of rotatable bonds is 7. The minimum Gasteiger partial charge on any atom is -0.490 e. The normalized spacial score (nSPS) is 23.8. The van der Waals surface area contributed by atoms with Gasteiger partial charge in [-0.15, -0.1) is 11.8 Å². The van der Waals surface area contributed by atoms with Crippen LogP contribution in [0.4, 0.5) is 8.78 Å². The molecular formula is C25H28ClF2NO5S2. The number of hydrogen-bond donors (Lipinski definition) is 1. The van der Waals surface area contributed by atoms with Crippen molar-refractivity contribution in [2.75, 3.05) is 26.0 Å². The molecule has 0 aliphatic carbocycles. The molecule has 1 amide bonds. The number of carbonyl (C=O) groups excluding carboxylic acids is 1. The van der Waals surface area contributed by atoms with Gasteiger partial charge in [0.05, 0.1) is 27.9 Å². The summed E-state index contributed by atoms with van der Waals surface area (Å²) in [6.45, 7) is 3.47. The van der Waals surface area contributed by atoms with E-state index in [0.29, 0.717) is 17.2 Å². The molecule has 2 heterocycles. The third-order valence-electron chi connectivity index (χ3n) is 6.98. The van der Waals surface area contributed by atoms with Gasteiger partial charge < -0.3 is 14.8 Å². The molecule has 2 aliphatic rings. The van der Waals surface area contributed by atoms with E-state index in [-0.39, 0.29) is 41.8 Å². The van der Waals surface area contributed by atoms with E-state index in [9.17, 15) is 17.6 Å². The Balaban J connectivity index is 1.78. The second-order valence-corrected chi connectivity index (χ2v) is 13.7.